The van der Waals surface area contributed by atoms with E-state index in [9.17, 15) is 4.39 Å². The topological polar surface area (TPSA) is 35.8 Å². The van der Waals surface area contributed by atoms with Crippen molar-refractivity contribution in [3.05, 3.63) is 53.3 Å². The average Bonchev–Trinajstić information content (AvgIpc) is 2.45. The van der Waals surface area contributed by atoms with Crippen LogP contribution in [0, 0.1) is 17.1 Å². The first-order chi connectivity index (χ1) is 10.4. The Morgan fingerprint density at radius 3 is 2.68 bits per heavy atom. The highest BCUT2D eigenvalue weighted by Crippen LogP contribution is 2.40. The minimum absolute atomic E-state index is 0.0841. The molecule has 1 aliphatic rings. The summed E-state index contributed by atoms with van der Waals surface area (Å²) in [5.74, 6) is 0.0641. The van der Waals surface area contributed by atoms with Gasteiger partial charge in [-0.3, -0.25) is 0 Å². The van der Waals surface area contributed by atoms with Crippen LogP contribution in [0.1, 0.15) is 44.2 Å². The van der Waals surface area contributed by atoms with Gasteiger partial charge in [0.1, 0.15) is 5.82 Å². The van der Waals surface area contributed by atoms with E-state index < -0.39 is 0 Å². The molecule has 0 aliphatic carbocycles. The molecule has 1 N–H and O–H groups in total. The fourth-order valence-corrected chi connectivity index (χ4v) is 3.38. The molecule has 0 aromatic heterocycles. The molecule has 0 saturated heterocycles. The van der Waals surface area contributed by atoms with E-state index in [-0.39, 0.29) is 11.4 Å². The van der Waals surface area contributed by atoms with E-state index in [1.54, 1.807) is 6.07 Å². The van der Waals surface area contributed by atoms with Crippen molar-refractivity contribution in [3.63, 3.8) is 0 Å². The van der Waals surface area contributed by atoms with Crippen LogP contribution in [-0.2, 0) is 0 Å². The monoisotopic (exact) mass is 294 g/mol. The Hall–Kier alpha value is -2.34. The van der Waals surface area contributed by atoms with Crippen LogP contribution in [0.2, 0.25) is 0 Å². The number of anilines is 1. The van der Waals surface area contributed by atoms with Crippen LogP contribution in [0.4, 0.5) is 10.1 Å². The van der Waals surface area contributed by atoms with Crippen LogP contribution >= 0.6 is 0 Å². The first-order valence-electron chi connectivity index (χ1n) is 7.51. The Bertz CT molecular complexity index is 771. The molecule has 3 heteroatoms. The molecule has 0 radical (unpaired) electrons. The number of nitrogens with one attached hydrogen (secondary N) is 1. The summed E-state index contributed by atoms with van der Waals surface area (Å²) >= 11 is 0. The number of rotatable bonds is 1. The lowest BCUT2D eigenvalue weighted by molar-refractivity contribution is 0.454. The standard InChI is InChI=1S/C19H19FN2/c1-12-10-19(2,3)22-18-5-4-14(9-17(12)18)15-6-13(11-21)7-16(20)8-15/h4-9,12,22H,10H2,1-3H3/t12-/m1/s1. The Kier molecular flexibility index (Phi) is 3.41. The van der Waals surface area contributed by atoms with Crippen LogP contribution in [-0.4, -0.2) is 5.54 Å². The van der Waals surface area contributed by atoms with E-state index in [0.717, 1.165) is 23.2 Å². The minimum Gasteiger partial charge on any atom is -0.380 e. The fourth-order valence-electron chi connectivity index (χ4n) is 3.38. The van der Waals surface area contributed by atoms with E-state index in [4.69, 9.17) is 5.26 Å². The molecule has 112 valence electrons. The Morgan fingerprint density at radius 2 is 1.95 bits per heavy atom. The minimum atomic E-state index is -0.376. The number of hydrogen-bond donors (Lipinski definition) is 1. The SMILES string of the molecule is C[C@@H]1CC(C)(C)Nc2ccc(-c3cc(F)cc(C#N)c3)cc21. The van der Waals surface area contributed by atoms with Gasteiger partial charge in [-0.15, -0.1) is 0 Å². The van der Waals surface area contributed by atoms with Crippen molar-refractivity contribution < 1.29 is 4.39 Å². The van der Waals surface area contributed by atoms with Gasteiger partial charge in [0.05, 0.1) is 11.6 Å². The molecular weight excluding hydrogens is 275 g/mol. The Balaban J connectivity index is 2.07. The van der Waals surface area contributed by atoms with Crippen LogP contribution in [0.15, 0.2) is 36.4 Å². The summed E-state index contributed by atoms with van der Waals surface area (Å²) < 4.78 is 13.7. The number of nitrogens with zero attached hydrogens (tertiary/aromatic N) is 1. The molecule has 0 fully saturated rings. The van der Waals surface area contributed by atoms with Crippen molar-refractivity contribution in [1.29, 1.82) is 5.26 Å². The molecule has 2 aromatic carbocycles. The van der Waals surface area contributed by atoms with Gasteiger partial charge in [-0.25, -0.2) is 4.39 Å². The van der Waals surface area contributed by atoms with E-state index in [1.165, 1.54) is 17.7 Å². The number of halogens is 1. The third-order valence-corrected chi connectivity index (χ3v) is 4.23. The normalized spacial score (nSPS) is 19.0. The number of fused-ring (bicyclic) bond motifs is 1. The van der Waals surface area contributed by atoms with E-state index in [2.05, 4.69) is 38.2 Å². The summed E-state index contributed by atoms with van der Waals surface area (Å²) in [5.41, 5.74) is 4.52. The van der Waals surface area contributed by atoms with Crippen molar-refractivity contribution in [3.8, 4) is 17.2 Å². The van der Waals surface area contributed by atoms with Crippen molar-refractivity contribution >= 4 is 5.69 Å². The Labute approximate surface area is 130 Å². The van der Waals surface area contributed by atoms with Crippen molar-refractivity contribution in [2.24, 2.45) is 0 Å². The third kappa shape index (κ3) is 2.69. The lowest BCUT2D eigenvalue weighted by atomic mass is 9.81. The number of hydrogen-bond acceptors (Lipinski definition) is 2. The number of nitriles is 1. The molecule has 1 atom stereocenters. The Morgan fingerprint density at radius 1 is 1.18 bits per heavy atom. The maximum absolute atomic E-state index is 13.7. The molecule has 0 unspecified atom stereocenters. The van der Waals surface area contributed by atoms with Crippen molar-refractivity contribution in [1.82, 2.24) is 0 Å². The second-order valence-corrected chi connectivity index (χ2v) is 6.76. The summed E-state index contributed by atoms with van der Waals surface area (Å²) in [6.07, 6.45) is 1.05. The molecule has 1 heterocycles. The second kappa shape index (κ2) is 5.14. The fraction of sp³-hybridized carbons (Fsp3) is 0.316. The highest BCUT2D eigenvalue weighted by Gasteiger charge is 2.29. The van der Waals surface area contributed by atoms with Gasteiger partial charge in [0.25, 0.3) is 0 Å². The van der Waals surface area contributed by atoms with E-state index in [0.29, 0.717) is 11.5 Å². The van der Waals surface area contributed by atoms with E-state index in [1.807, 2.05) is 12.1 Å². The van der Waals surface area contributed by atoms with Crippen LogP contribution in [0.3, 0.4) is 0 Å². The lowest BCUT2D eigenvalue weighted by Crippen LogP contribution is -2.36. The second-order valence-electron chi connectivity index (χ2n) is 6.76. The molecule has 3 rings (SSSR count). The van der Waals surface area contributed by atoms with Gasteiger partial charge in [0, 0.05) is 11.2 Å². The molecule has 2 aromatic rings. The first kappa shape index (κ1) is 14.6. The summed E-state index contributed by atoms with van der Waals surface area (Å²) in [6, 6.07) is 12.6. The van der Waals surface area contributed by atoms with Crippen molar-refractivity contribution in [2.45, 2.75) is 38.6 Å². The largest absolute Gasteiger partial charge is 0.380 e. The summed E-state index contributed by atoms with van der Waals surface area (Å²) in [5, 5.41) is 12.6. The predicted octanol–water partition coefficient (Wildman–Crippen LogP) is 5.06. The van der Waals surface area contributed by atoms with Gasteiger partial charge >= 0.3 is 0 Å². The molecule has 2 nitrogen and oxygen atoms in total. The average molecular weight is 294 g/mol. The summed E-state index contributed by atoms with van der Waals surface area (Å²) in [7, 11) is 0. The van der Waals surface area contributed by atoms with Crippen LogP contribution in [0.5, 0.6) is 0 Å². The maximum Gasteiger partial charge on any atom is 0.125 e. The molecular formula is C19H19FN2. The molecule has 0 amide bonds. The smallest absolute Gasteiger partial charge is 0.125 e. The lowest BCUT2D eigenvalue weighted by Gasteiger charge is -2.37. The molecule has 0 bridgehead atoms. The quantitative estimate of drug-likeness (QED) is 0.797. The van der Waals surface area contributed by atoms with Gasteiger partial charge in [-0.05, 0) is 73.2 Å². The van der Waals surface area contributed by atoms with Crippen molar-refractivity contribution in [2.75, 3.05) is 5.32 Å². The van der Waals surface area contributed by atoms with Gasteiger partial charge in [-0.2, -0.15) is 5.26 Å². The van der Waals surface area contributed by atoms with Gasteiger partial charge < -0.3 is 5.32 Å². The zero-order chi connectivity index (χ0) is 15.9. The molecule has 0 spiro atoms. The molecule has 1 aliphatic heterocycles. The molecule has 0 saturated carbocycles. The number of benzene rings is 2. The highest BCUT2D eigenvalue weighted by molar-refractivity contribution is 5.71. The third-order valence-electron chi connectivity index (χ3n) is 4.23. The summed E-state index contributed by atoms with van der Waals surface area (Å²) in [6.45, 7) is 6.62. The molecule has 22 heavy (non-hydrogen) atoms. The first-order valence-corrected chi connectivity index (χ1v) is 7.51. The van der Waals surface area contributed by atoms with Crippen LogP contribution < -0.4 is 5.32 Å². The summed E-state index contributed by atoms with van der Waals surface area (Å²) in [4.78, 5) is 0. The van der Waals surface area contributed by atoms with Gasteiger partial charge in [0.2, 0.25) is 0 Å². The highest BCUT2D eigenvalue weighted by atomic mass is 19.1. The van der Waals surface area contributed by atoms with E-state index >= 15 is 0 Å². The predicted molar refractivity (Wildman–Crippen MR) is 87.3 cm³/mol. The zero-order valence-electron chi connectivity index (χ0n) is 13.1. The van der Waals surface area contributed by atoms with Crippen LogP contribution in [0.25, 0.3) is 11.1 Å². The van der Waals surface area contributed by atoms with Gasteiger partial charge in [0.15, 0.2) is 0 Å². The maximum atomic E-state index is 13.7. The zero-order valence-corrected chi connectivity index (χ0v) is 13.1. The van der Waals surface area contributed by atoms with Gasteiger partial charge in [-0.1, -0.05) is 13.0 Å².